The second-order valence-corrected chi connectivity index (χ2v) is 10.7. The van der Waals surface area contributed by atoms with Gasteiger partial charge in [0.25, 0.3) is 11.7 Å². The van der Waals surface area contributed by atoms with Gasteiger partial charge in [0.1, 0.15) is 11.5 Å². The highest BCUT2D eigenvalue weighted by atomic mass is 16.5. The standard InChI is InChI=1S/C33H44N2O7/c1-5-7-8-18-42-27-13-10-24(22-28(27)39-4)30-29(31(36)25-11-12-26(41-6-2)23(3)21-25)32(37)33(38)35(30)15-9-14-34-16-19-40-20-17-34/h10-13,21-22,30,36H,5-9,14-20H2,1-4H3. The molecule has 2 aromatic rings. The van der Waals surface area contributed by atoms with E-state index in [-0.39, 0.29) is 11.3 Å². The second kappa shape index (κ2) is 15.1. The van der Waals surface area contributed by atoms with Crippen molar-refractivity contribution < 1.29 is 33.6 Å². The van der Waals surface area contributed by atoms with Gasteiger partial charge in [-0.05, 0) is 68.1 Å². The number of ether oxygens (including phenoxy) is 4. The zero-order valence-electron chi connectivity index (χ0n) is 25.3. The molecular weight excluding hydrogens is 536 g/mol. The van der Waals surface area contributed by atoms with Crippen molar-refractivity contribution in [2.24, 2.45) is 0 Å². The van der Waals surface area contributed by atoms with Crippen molar-refractivity contribution in [3.63, 3.8) is 0 Å². The summed E-state index contributed by atoms with van der Waals surface area (Å²) in [5.74, 6) is 0.287. The SMILES string of the molecule is CCCCCOc1ccc(C2C(=C(O)c3ccc(OCC)c(C)c3)C(=O)C(=O)N2CCCN2CCOCC2)cc1OC. The summed E-state index contributed by atoms with van der Waals surface area (Å²) in [6, 6.07) is 9.95. The lowest BCUT2D eigenvalue weighted by Gasteiger charge is -2.29. The van der Waals surface area contributed by atoms with Crippen molar-refractivity contribution in [2.75, 3.05) is 59.7 Å². The maximum absolute atomic E-state index is 13.5. The Balaban J connectivity index is 1.70. The predicted octanol–water partition coefficient (Wildman–Crippen LogP) is 5.12. The van der Waals surface area contributed by atoms with Crippen LogP contribution in [-0.2, 0) is 14.3 Å². The lowest BCUT2D eigenvalue weighted by Crippen LogP contribution is -2.39. The second-order valence-electron chi connectivity index (χ2n) is 10.7. The number of Topliss-reactive ketones (excluding diaryl/α,β-unsaturated/α-hetero) is 1. The molecule has 1 unspecified atom stereocenters. The molecule has 1 N–H and O–H groups in total. The quantitative estimate of drug-likeness (QED) is 0.142. The molecule has 0 aromatic heterocycles. The van der Waals surface area contributed by atoms with Crippen molar-refractivity contribution in [1.82, 2.24) is 9.80 Å². The summed E-state index contributed by atoms with van der Waals surface area (Å²) in [5.41, 5.74) is 2.01. The van der Waals surface area contributed by atoms with Gasteiger partial charge in [0.15, 0.2) is 11.5 Å². The minimum Gasteiger partial charge on any atom is -0.507 e. The summed E-state index contributed by atoms with van der Waals surface area (Å²) in [4.78, 5) is 30.9. The number of morpholine rings is 1. The lowest BCUT2D eigenvalue weighted by atomic mass is 9.94. The van der Waals surface area contributed by atoms with Crippen molar-refractivity contribution in [3.05, 3.63) is 58.7 Å². The van der Waals surface area contributed by atoms with Gasteiger partial charge < -0.3 is 29.0 Å². The number of carbonyl (C=O) groups is 2. The number of likely N-dealkylation sites (tertiary alicyclic amines) is 1. The highest BCUT2D eigenvalue weighted by Gasteiger charge is 2.46. The predicted molar refractivity (Wildman–Crippen MR) is 161 cm³/mol. The van der Waals surface area contributed by atoms with Gasteiger partial charge in [-0.15, -0.1) is 0 Å². The van der Waals surface area contributed by atoms with E-state index in [9.17, 15) is 14.7 Å². The number of amides is 1. The first kappa shape index (κ1) is 31.4. The summed E-state index contributed by atoms with van der Waals surface area (Å²) < 4.78 is 22.7. The first-order valence-corrected chi connectivity index (χ1v) is 15.0. The molecule has 2 heterocycles. The van der Waals surface area contributed by atoms with Gasteiger partial charge in [0.2, 0.25) is 0 Å². The van der Waals surface area contributed by atoms with Crippen LogP contribution in [0.2, 0.25) is 0 Å². The fraction of sp³-hybridized carbons (Fsp3) is 0.515. The zero-order valence-corrected chi connectivity index (χ0v) is 25.3. The Kier molecular flexibility index (Phi) is 11.3. The van der Waals surface area contributed by atoms with Gasteiger partial charge in [-0.2, -0.15) is 0 Å². The van der Waals surface area contributed by atoms with E-state index in [1.165, 1.54) is 0 Å². The van der Waals surface area contributed by atoms with E-state index in [1.54, 1.807) is 36.3 Å². The van der Waals surface area contributed by atoms with E-state index in [2.05, 4.69) is 11.8 Å². The average Bonchev–Trinajstić information content (AvgIpc) is 3.25. The molecule has 2 aliphatic heterocycles. The molecule has 0 aliphatic carbocycles. The number of benzene rings is 2. The highest BCUT2D eigenvalue weighted by molar-refractivity contribution is 6.46. The minimum atomic E-state index is -0.774. The van der Waals surface area contributed by atoms with Crippen LogP contribution in [0.15, 0.2) is 42.0 Å². The summed E-state index contributed by atoms with van der Waals surface area (Å²) in [6.07, 6.45) is 3.79. The lowest BCUT2D eigenvalue weighted by molar-refractivity contribution is -0.140. The van der Waals surface area contributed by atoms with Gasteiger partial charge >= 0.3 is 0 Å². The molecule has 9 nitrogen and oxygen atoms in total. The average molecular weight is 581 g/mol. The maximum atomic E-state index is 13.5. The van der Waals surface area contributed by atoms with Crippen LogP contribution in [0.3, 0.4) is 0 Å². The molecule has 2 aromatic carbocycles. The number of hydrogen-bond acceptors (Lipinski definition) is 8. The Labute approximate surface area is 249 Å². The molecule has 42 heavy (non-hydrogen) atoms. The summed E-state index contributed by atoms with van der Waals surface area (Å²) in [7, 11) is 1.57. The number of aliphatic hydroxyl groups excluding tert-OH is 1. The van der Waals surface area contributed by atoms with E-state index >= 15 is 0 Å². The van der Waals surface area contributed by atoms with Crippen LogP contribution in [0, 0.1) is 6.92 Å². The van der Waals surface area contributed by atoms with E-state index in [1.807, 2.05) is 26.0 Å². The molecule has 0 bridgehead atoms. The van der Waals surface area contributed by atoms with E-state index < -0.39 is 17.7 Å². The Morgan fingerprint density at radius 3 is 2.40 bits per heavy atom. The van der Waals surface area contributed by atoms with Crippen molar-refractivity contribution in [1.29, 1.82) is 0 Å². The van der Waals surface area contributed by atoms with Crippen LogP contribution in [0.25, 0.3) is 5.76 Å². The zero-order chi connectivity index (χ0) is 30.1. The molecule has 1 amide bonds. The largest absolute Gasteiger partial charge is 0.507 e. The molecule has 0 spiro atoms. The molecule has 9 heteroatoms. The normalized spacial score (nSPS) is 18.9. The number of rotatable bonds is 14. The molecule has 228 valence electrons. The fourth-order valence-corrected chi connectivity index (χ4v) is 5.52. The van der Waals surface area contributed by atoms with Gasteiger partial charge in [-0.3, -0.25) is 14.5 Å². The molecule has 0 radical (unpaired) electrons. The number of nitrogens with zero attached hydrogens (tertiary/aromatic N) is 2. The van der Waals surface area contributed by atoms with E-state index in [0.717, 1.165) is 44.5 Å². The van der Waals surface area contributed by atoms with E-state index in [0.29, 0.717) is 67.8 Å². The van der Waals surface area contributed by atoms with Crippen LogP contribution in [-0.4, -0.2) is 86.3 Å². The van der Waals surface area contributed by atoms with Gasteiger partial charge in [0, 0.05) is 31.7 Å². The molecular formula is C33H44N2O7. The molecule has 1 atom stereocenters. The Bertz CT molecular complexity index is 1270. The first-order valence-electron chi connectivity index (χ1n) is 15.0. The molecule has 0 saturated carbocycles. The van der Waals surface area contributed by atoms with Gasteiger partial charge in [-0.25, -0.2) is 0 Å². The highest BCUT2D eigenvalue weighted by Crippen LogP contribution is 2.42. The molecule has 2 aliphatic rings. The summed E-state index contributed by atoms with van der Waals surface area (Å²) in [5, 5.41) is 11.5. The molecule has 2 saturated heterocycles. The topological polar surface area (TPSA) is 97.8 Å². The van der Waals surface area contributed by atoms with Crippen LogP contribution < -0.4 is 14.2 Å². The number of carbonyl (C=O) groups excluding carboxylic acids is 2. The number of aliphatic hydroxyl groups is 1. The summed E-state index contributed by atoms with van der Waals surface area (Å²) >= 11 is 0. The maximum Gasteiger partial charge on any atom is 0.295 e. The molecule has 2 fully saturated rings. The van der Waals surface area contributed by atoms with Crippen LogP contribution in [0.1, 0.15) is 62.3 Å². The van der Waals surface area contributed by atoms with Crippen molar-refractivity contribution in [2.45, 2.75) is 52.5 Å². The van der Waals surface area contributed by atoms with Crippen LogP contribution in [0.5, 0.6) is 17.2 Å². The number of hydrogen-bond donors (Lipinski definition) is 1. The van der Waals surface area contributed by atoms with Crippen molar-refractivity contribution >= 4 is 17.4 Å². The van der Waals surface area contributed by atoms with Crippen LogP contribution in [0.4, 0.5) is 0 Å². The van der Waals surface area contributed by atoms with Crippen molar-refractivity contribution in [3.8, 4) is 17.2 Å². The third-order valence-electron chi connectivity index (χ3n) is 7.77. The minimum absolute atomic E-state index is 0.0635. The monoisotopic (exact) mass is 580 g/mol. The number of methoxy groups -OCH3 is 1. The Morgan fingerprint density at radius 2 is 1.71 bits per heavy atom. The number of aryl methyl sites for hydroxylation is 1. The first-order chi connectivity index (χ1) is 20.4. The van der Waals surface area contributed by atoms with Gasteiger partial charge in [0.05, 0.1) is 45.2 Å². The van der Waals surface area contributed by atoms with E-state index in [4.69, 9.17) is 18.9 Å². The summed E-state index contributed by atoms with van der Waals surface area (Å²) in [6.45, 7) is 11.2. The third kappa shape index (κ3) is 7.25. The smallest absolute Gasteiger partial charge is 0.295 e. The number of ketones is 1. The van der Waals surface area contributed by atoms with Crippen LogP contribution >= 0.6 is 0 Å². The van der Waals surface area contributed by atoms with Gasteiger partial charge in [-0.1, -0.05) is 25.8 Å². The number of unbranched alkanes of at least 4 members (excludes halogenated alkanes) is 2. The molecule has 4 rings (SSSR count). The third-order valence-corrected chi connectivity index (χ3v) is 7.77. The Hall–Kier alpha value is -3.56. The Morgan fingerprint density at radius 1 is 0.952 bits per heavy atom. The fourth-order valence-electron chi connectivity index (χ4n) is 5.52.